The largest absolute Gasteiger partial charge is 0.481 e. The van der Waals surface area contributed by atoms with Crippen molar-refractivity contribution in [1.29, 1.82) is 0 Å². The molecule has 0 aromatic heterocycles. The molecular weight excluding hydrogens is 256 g/mol. The number of carbonyl (C=O) groups is 2. The smallest absolute Gasteiger partial charge is 0.304 e. The molecule has 20 heavy (non-hydrogen) atoms. The summed E-state index contributed by atoms with van der Waals surface area (Å²) in [6.07, 6.45) is 6.88. The van der Waals surface area contributed by atoms with Crippen LogP contribution in [-0.4, -0.2) is 59.5 Å². The quantitative estimate of drug-likeness (QED) is 0.623. The van der Waals surface area contributed by atoms with E-state index in [2.05, 4.69) is 6.92 Å². The highest BCUT2D eigenvalue weighted by Crippen LogP contribution is 2.09. The number of hydrogen-bond donors (Lipinski definition) is 1. The van der Waals surface area contributed by atoms with Gasteiger partial charge in [0, 0.05) is 19.6 Å². The van der Waals surface area contributed by atoms with Crippen LogP contribution in [0.2, 0.25) is 0 Å². The number of amides is 1. The van der Waals surface area contributed by atoms with Gasteiger partial charge in [-0.15, -0.1) is 0 Å². The van der Waals surface area contributed by atoms with Gasteiger partial charge >= 0.3 is 5.97 Å². The molecule has 0 unspecified atom stereocenters. The maximum absolute atomic E-state index is 12.1. The van der Waals surface area contributed by atoms with Gasteiger partial charge in [-0.2, -0.15) is 0 Å². The minimum atomic E-state index is -0.794. The van der Waals surface area contributed by atoms with Crippen molar-refractivity contribution in [3.63, 3.8) is 0 Å². The minimum Gasteiger partial charge on any atom is -0.481 e. The van der Waals surface area contributed by atoms with Crippen molar-refractivity contribution >= 4 is 11.9 Å². The highest BCUT2D eigenvalue weighted by Gasteiger charge is 2.20. The van der Waals surface area contributed by atoms with E-state index in [4.69, 9.17) is 5.11 Å². The SMILES string of the molecule is CCCCCCN(CCC(=O)O)CC(=O)N1CCCC1. The molecule has 5 heteroatoms. The lowest BCUT2D eigenvalue weighted by atomic mass is 10.2. The number of carboxylic acid groups (broad SMARTS) is 1. The molecule has 1 fully saturated rings. The second-order valence-electron chi connectivity index (χ2n) is 5.57. The molecule has 1 aliphatic rings. The Labute approximate surface area is 121 Å². The van der Waals surface area contributed by atoms with Gasteiger partial charge in [0.25, 0.3) is 0 Å². The molecule has 116 valence electrons. The maximum Gasteiger partial charge on any atom is 0.304 e. The van der Waals surface area contributed by atoms with Gasteiger partial charge in [0.15, 0.2) is 0 Å². The van der Waals surface area contributed by atoms with Gasteiger partial charge in [0.1, 0.15) is 0 Å². The molecule has 0 radical (unpaired) electrons. The number of likely N-dealkylation sites (tertiary alicyclic amines) is 1. The van der Waals surface area contributed by atoms with E-state index in [0.29, 0.717) is 13.1 Å². The summed E-state index contributed by atoms with van der Waals surface area (Å²) < 4.78 is 0. The zero-order chi connectivity index (χ0) is 14.8. The van der Waals surface area contributed by atoms with Gasteiger partial charge in [-0.3, -0.25) is 14.5 Å². The molecular formula is C15H28N2O3. The zero-order valence-corrected chi connectivity index (χ0v) is 12.6. The van der Waals surface area contributed by atoms with Crippen molar-refractivity contribution in [3.05, 3.63) is 0 Å². The van der Waals surface area contributed by atoms with E-state index >= 15 is 0 Å². The van der Waals surface area contributed by atoms with Crippen molar-refractivity contribution in [2.75, 3.05) is 32.7 Å². The van der Waals surface area contributed by atoms with Crippen LogP contribution in [0, 0.1) is 0 Å². The Bertz CT molecular complexity index is 301. The summed E-state index contributed by atoms with van der Waals surface area (Å²) in [5.74, 6) is -0.638. The summed E-state index contributed by atoms with van der Waals surface area (Å²) in [5, 5.41) is 8.80. The third kappa shape index (κ3) is 6.89. The van der Waals surface area contributed by atoms with Crippen molar-refractivity contribution in [3.8, 4) is 0 Å². The summed E-state index contributed by atoms with van der Waals surface area (Å²) in [7, 11) is 0. The molecule has 0 saturated carbocycles. The Balaban J connectivity index is 2.34. The van der Waals surface area contributed by atoms with Gasteiger partial charge < -0.3 is 10.0 Å². The Morgan fingerprint density at radius 2 is 1.80 bits per heavy atom. The summed E-state index contributed by atoms with van der Waals surface area (Å²) >= 11 is 0. The van der Waals surface area contributed by atoms with Gasteiger partial charge in [0.05, 0.1) is 13.0 Å². The van der Waals surface area contributed by atoms with Gasteiger partial charge in [0.2, 0.25) is 5.91 Å². The molecule has 0 atom stereocenters. The first-order valence-corrected chi connectivity index (χ1v) is 7.85. The molecule has 0 spiro atoms. The van der Waals surface area contributed by atoms with Crippen LogP contribution >= 0.6 is 0 Å². The van der Waals surface area contributed by atoms with Gasteiger partial charge in [-0.25, -0.2) is 0 Å². The van der Waals surface area contributed by atoms with Crippen molar-refractivity contribution in [2.45, 2.75) is 51.9 Å². The fraction of sp³-hybridized carbons (Fsp3) is 0.867. The van der Waals surface area contributed by atoms with E-state index in [1.807, 2.05) is 9.80 Å². The van der Waals surface area contributed by atoms with Crippen molar-refractivity contribution in [2.24, 2.45) is 0 Å². The van der Waals surface area contributed by atoms with Crippen LogP contribution in [0.5, 0.6) is 0 Å². The predicted octanol–water partition coefficient (Wildman–Crippen LogP) is 1.97. The summed E-state index contributed by atoms with van der Waals surface area (Å²) in [4.78, 5) is 26.7. The third-order valence-corrected chi connectivity index (χ3v) is 3.79. The Morgan fingerprint density at radius 3 is 2.40 bits per heavy atom. The van der Waals surface area contributed by atoms with Crippen LogP contribution < -0.4 is 0 Å². The molecule has 1 heterocycles. The average molecular weight is 284 g/mol. The molecule has 0 aromatic rings. The first-order chi connectivity index (χ1) is 9.63. The minimum absolute atomic E-state index is 0.112. The first-order valence-electron chi connectivity index (χ1n) is 7.85. The molecule has 1 N–H and O–H groups in total. The molecule has 1 aliphatic heterocycles. The first kappa shape index (κ1) is 17.0. The Morgan fingerprint density at radius 1 is 1.10 bits per heavy atom. The highest BCUT2D eigenvalue weighted by atomic mass is 16.4. The number of aliphatic carboxylic acids is 1. The number of unbranched alkanes of at least 4 members (excludes halogenated alkanes) is 3. The fourth-order valence-corrected chi connectivity index (χ4v) is 2.54. The third-order valence-electron chi connectivity index (χ3n) is 3.79. The topological polar surface area (TPSA) is 60.9 Å². The lowest BCUT2D eigenvalue weighted by Gasteiger charge is -2.24. The molecule has 0 aromatic carbocycles. The summed E-state index contributed by atoms with van der Waals surface area (Å²) in [6, 6.07) is 0. The molecule has 0 aliphatic carbocycles. The fourth-order valence-electron chi connectivity index (χ4n) is 2.54. The molecule has 1 amide bonds. The second-order valence-corrected chi connectivity index (χ2v) is 5.57. The lowest BCUT2D eigenvalue weighted by molar-refractivity contribution is -0.138. The van der Waals surface area contributed by atoms with E-state index in [9.17, 15) is 9.59 Å². The average Bonchev–Trinajstić information content (AvgIpc) is 2.94. The number of rotatable bonds is 10. The highest BCUT2D eigenvalue weighted by molar-refractivity contribution is 5.78. The Kier molecular flexibility index (Phi) is 8.26. The molecule has 5 nitrogen and oxygen atoms in total. The van der Waals surface area contributed by atoms with E-state index in [-0.39, 0.29) is 12.3 Å². The monoisotopic (exact) mass is 284 g/mol. The standard InChI is InChI=1S/C15H28N2O3/c1-2-3-4-5-9-16(12-8-15(19)20)13-14(18)17-10-6-7-11-17/h2-13H2,1H3,(H,19,20). The van der Waals surface area contributed by atoms with Gasteiger partial charge in [-0.1, -0.05) is 26.2 Å². The summed E-state index contributed by atoms with van der Waals surface area (Å²) in [6.45, 7) is 5.56. The number of carboxylic acids is 1. The van der Waals surface area contributed by atoms with E-state index in [0.717, 1.165) is 45.3 Å². The lowest BCUT2D eigenvalue weighted by Crippen LogP contribution is -2.40. The second kappa shape index (κ2) is 9.75. The van der Waals surface area contributed by atoms with Crippen molar-refractivity contribution < 1.29 is 14.7 Å². The summed E-state index contributed by atoms with van der Waals surface area (Å²) in [5.41, 5.74) is 0. The van der Waals surface area contributed by atoms with Gasteiger partial charge in [-0.05, 0) is 25.8 Å². The molecule has 1 saturated heterocycles. The number of carbonyl (C=O) groups excluding carboxylic acids is 1. The molecule has 1 rings (SSSR count). The van der Waals surface area contributed by atoms with E-state index < -0.39 is 5.97 Å². The normalized spacial score (nSPS) is 15.0. The van der Waals surface area contributed by atoms with E-state index in [1.54, 1.807) is 0 Å². The van der Waals surface area contributed by atoms with Crippen LogP contribution in [0.15, 0.2) is 0 Å². The number of hydrogen-bond acceptors (Lipinski definition) is 3. The number of nitrogens with zero attached hydrogens (tertiary/aromatic N) is 2. The predicted molar refractivity (Wildman–Crippen MR) is 78.6 cm³/mol. The van der Waals surface area contributed by atoms with Crippen LogP contribution in [0.4, 0.5) is 0 Å². The van der Waals surface area contributed by atoms with Crippen molar-refractivity contribution in [1.82, 2.24) is 9.80 Å². The van der Waals surface area contributed by atoms with Crippen LogP contribution in [0.1, 0.15) is 51.9 Å². The zero-order valence-electron chi connectivity index (χ0n) is 12.6. The maximum atomic E-state index is 12.1. The molecule has 0 bridgehead atoms. The van der Waals surface area contributed by atoms with Crippen LogP contribution in [-0.2, 0) is 9.59 Å². The Hall–Kier alpha value is -1.10. The van der Waals surface area contributed by atoms with E-state index in [1.165, 1.54) is 12.8 Å². The van der Waals surface area contributed by atoms with Crippen LogP contribution in [0.25, 0.3) is 0 Å². The van der Waals surface area contributed by atoms with Crippen LogP contribution in [0.3, 0.4) is 0 Å².